The van der Waals surface area contributed by atoms with E-state index in [1.807, 2.05) is 62.4 Å². The van der Waals surface area contributed by atoms with Gasteiger partial charge in [-0.3, -0.25) is 14.4 Å². The van der Waals surface area contributed by atoms with E-state index in [9.17, 15) is 14.4 Å². The van der Waals surface area contributed by atoms with Crippen molar-refractivity contribution in [3.05, 3.63) is 126 Å². The van der Waals surface area contributed by atoms with Gasteiger partial charge in [0.25, 0.3) is 11.8 Å². The smallest absolute Gasteiger partial charge is 0.272 e. The first kappa shape index (κ1) is 30.1. The van der Waals surface area contributed by atoms with E-state index in [2.05, 4.69) is 16.0 Å². The molecule has 1 unspecified atom stereocenters. The van der Waals surface area contributed by atoms with Crippen LogP contribution < -0.4 is 20.7 Å². The van der Waals surface area contributed by atoms with Crippen molar-refractivity contribution in [2.45, 2.75) is 30.4 Å². The first-order valence-electron chi connectivity index (χ1n) is 13.5. The number of carbonyl (C=O) groups is 3. The maximum Gasteiger partial charge on any atom is 0.272 e. The fraction of sp³-hybridized carbons (Fsp3) is 0.147. The van der Waals surface area contributed by atoms with Gasteiger partial charge in [0.1, 0.15) is 11.4 Å². The van der Waals surface area contributed by atoms with Crippen LogP contribution in [-0.2, 0) is 9.59 Å². The third-order valence-corrected chi connectivity index (χ3v) is 7.67. The Bertz CT molecular complexity index is 1550. The summed E-state index contributed by atoms with van der Waals surface area (Å²) in [4.78, 5) is 40.1. The Hall–Kier alpha value is -4.82. The van der Waals surface area contributed by atoms with Crippen molar-refractivity contribution in [3.63, 3.8) is 0 Å². The number of aryl methyl sites for hydroxylation is 1. The van der Waals surface area contributed by atoms with Crippen molar-refractivity contribution >= 4 is 46.9 Å². The second-order valence-electron chi connectivity index (χ2n) is 9.50. The fourth-order valence-electron chi connectivity index (χ4n) is 4.00. The summed E-state index contributed by atoms with van der Waals surface area (Å²) in [6.45, 7) is 3.93. The Balaban J connectivity index is 1.48. The van der Waals surface area contributed by atoms with Crippen LogP contribution in [0.25, 0.3) is 6.08 Å². The summed E-state index contributed by atoms with van der Waals surface area (Å²) in [6, 6.07) is 30.8. The number of benzene rings is 4. The van der Waals surface area contributed by atoms with E-state index in [4.69, 9.17) is 4.74 Å². The molecule has 1 atom stereocenters. The molecule has 0 heterocycles. The molecule has 42 heavy (non-hydrogen) atoms. The molecule has 0 aliphatic rings. The molecule has 7 nitrogen and oxygen atoms in total. The Labute approximate surface area is 250 Å². The summed E-state index contributed by atoms with van der Waals surface area (Å²) in [6.07, 6.45) is 2.25. The maximum atomic E-state index is 13.4. The first-order valence-corrected chi connectivity index (χ1v) is 14.4. The van der Waals surface area contributed by atoms with Crippen LogP contribution in [0.15, 0.2) is 114 Å². The molecular formula is C34H33N3O4S. The highest BCUT2D eigenvalue weighted by atomic mass is 32.2. The molecule has 4 rings (SSSR count). The molecule has 0 fully saturated rings. The van der Waals surface area contributed by atoms with Gasteiger partial charge >= 0.3 is 0 Å². The van der Waals surface area contributed by atoms with E-state index in [0.29, 0.717) is 29.1 Å². The summed E-state index contributed by atoms with van der Waals surface area (Å²) in [5.74, 6) is -0.257. The van der Waals surface area contributed by atoms with Gasteiger partial charge in [-0.25, -0.2) is 0 Å². The Morgan fingerprint density at radius 1 is 0.833 bits per heavy atom. The van der Waals surface area contributed by atoms with E-state index in [1.54, 1.807) is 67.8 Å². The van der Waals surface area contributed by atoms with E-state index in [0.717, 1.165) is 16.0 Å². The second-order valence-corrected chi connectivity index (χ2v) is 10.8. The summed E-state index contributed by atoms with van der Waals surface area (Å²) < 4.78 is 5.18. The van der Waals surface area contributed by atoms with Crippen molar-refractivity contribution in [1.29, 1.82) is 0 Å². The number of ether oxygens (including phenoxy) is 1. The highest BCUT2D eigenvalue weighted by Gasteiger charge is 2.19. The van der Waals surface area contributed by atoms with Crippen LogP contribution in [0.5, 0.6) is 5.75 Å². The number of nitrogens with one attached hydrogen (secondary N) is 3. The lowest BCUT2D eigenvalue weighted by Crippen LogP contribution is -2.30. The highest BCUT2D eigenvalue weighted by molar-refractivity contribution is 8.00. The molecule has 0 spiro atoms. The summed E-state index contributed by atoms with van der Waals surface area (Å²) in [5, 5.41) is 8.26. The zero-order valence-corrected chi connectivity index (χ0v) is 24.5. The lowest BCUT2D eigenvalue weighted by atomic mass is 10.1. The van der Waals surface area contributed by atoms with E-state index in [1.165, 1.54) is 11.8 Å². The van der Waals surface area contributed by atoms with E-state index < -0.39 is 5.91 Å². The molecule has 0 aromatic heterocycles. The SMILES string of the molecule is CCC(Sc1cccc(NC(=O)/C(=C/c2ccc(C)cc2)NC(=O)c2ccccc2)c1)C(=O)Nc1ccc(OC)cc1. The van der Waals surface area contributed by atoms with Gasteiger partial charge in [-0.05, 0) is 79.6 Å². The van der Waals surface area contributed by atoms with Crippen LogP contribution in [0.1, 0.15) is 34.8 Å². The Morgan fingerprint density at radius 3 is 2.21 bits per heavy atom. The minimum absolute atomic E-state index is 0.107. The van der Waals surface area contributed by atoms with Crippen LogP contribution >= 0.6 is 11.8 Å². The van der Waals surface area contributed by atoms with Gasteiger partial charge in [0.15, 0.2) is 0 Å². The molecule has 0 saturated carbocycles. The molecule has 0 aliphatic carbocycles. The molecule has 0 radical (unpaired) electrons. The highest BCUT2D eigenvalue weighted by Crippen LogP contribution is 2.29. The van der Waals surface area contributed by atoms with Gasteiger partial charge in [-0.15, -0.1) is 11.8 Å². The molecule has 0 bridgehead atoms. The average Bonchev–Trinajstić information content (AvgIpc) is 3.01. The predicted molar refractivity (Wildman–Crippen MR) is 170 cm³/mol. The van der Waals surface area contributed by atoms with Gasteiger partial charge < -0.3 is 20.7 Å². The molecule has 0 saturated heterocycles. The molecule has 4 aromatic carbocycles. The lowest BCUT2D eigenvalue weighted by molar-refractivity contribution is -0.116. The number of amides is 3. The number of hydrogen-bond acceptors (Lipinski definition) is 5. The van der Waals surface area contributed by atoms with Crippen LogP contribution in [0, 0.1) is 6.92 Å². The summed E-state index contributed by atoms with van der Waals surface area (Å²) in [5.41, 5.74) is 3.64. The topological polar surface area (TPSA) is 96.5 Å². The van der Waals surface area contributed by atoms with Gasteiger partial charge in [0.2, 0.25) is 5.91 Å². The third kappa shape index (κ3) is 8.59. The number of carbonyl (C=O) groups excluding carboxylic acids is 3. The monoisotopic (exact) mass is 579 g/mol. The molecule has 4 aromatic rings. The summed E-state index contributed by atoms with van der Waals surface area (Å²) in [7, 11) is 1.59. The molecule has 0 aliphatic heterocycles. The van der Waals surface area contributed by atoms with Gasteiger partial charge in [0.05, 0.1) is 12.4 Å². The molecule has 3 N–H and O–H groups in total. The van der Waals surface area contributed by atoms with Crippen LogP contribution in [0.3, 0.4) is 0 Å². The van der Waals surface area contributed by atoms with Crippen molar-refractivity contribution in [2.75, 3.05) is 17.7 Å². The van der Waals surface area contributed by atoms with Crippen LogP contribution in [0.2, 0.25) is 0 Å². The normalized spacial score (nSPS) is 11.7. The fourth-order valence-corrected chi connectivity index (χ4v) is 5.01. The average molecular weight is 580 g/mol. The molecule has 8 heteroatoms. The predicted octanol–water partition coefficient (Wildman–Crippen LogP) is 6.92. The third-order valence-electron chi connectivity index (χ3n) is 6.31. The minimum Gasteiger partial charge on any atom is -0.497 e. The van der Waals surface area contributed by atoms with E-state index >= 15 is 0 Å². The lowest BCUT2D eigenvalue weighted by Gasteiger charge is -2.16. The molecular weight excluding hydrogens is 546 g/mol. The standard InChI is InChI=1S/C34H33N3O4S/c1-4-31(34(40)35-26-17-19-28(41-3)20-18-26)42-29-12-8-11-27(22-29)36-33(39)30(21-24-15-13-23(2)14-16-24)37-32(38)25-9-6-5-7-10-25/h5-22,31H,4H2,1-3H3,(H,35,40)(H,36,39)(H,37,38)/b30-21-. The zero-order chi connectivity index (χ0) is 29.9. The summed E-state index contributed by atoms with van der Waals surface area (Å²) >= 11 is 1.41. The number of hydrogen-bond donors (Lipinski definition) is 3. The largest absolute Gasteiger partial charge is 0.497 e. The van der Waals surface area contributed by atoms with Crippen LogP contribution in [-0.4, -0.2) is 30.1 Å². The number of rotatable bonds is 11. The van der Waals surface area contributed by atoms with Gasteiger partial charge in [-0.2, -0.15) is 0 Å². The Morgan fingerprint density at radius 2 is 1.55 bits per heavy atom. The van der Waals surface area contributed by atoms with Crippen molar-refractivity contribution < 1.29 is 19.1 Å². The zero-order valence-electron chi connectivity index (χ0n) is 23.7. The maximum absolute atomic E-state index is 13.4. The molecule has 3 amide bonds. The van der Waals surface area contributed by atoms with Gasteiger partial charge in [-0.1, -0.05) is 61.0 Å². The molecule has 214 valence electrons. The Kier molecular flexibility index (Phi) is 10.6. The van der Waals surface area contributed by atoms with Crippen LogP contribution in [0.4, 0.5) is 11.4 Å². The number of thioether (sulfide) groups is 1. The van der Waals surface area contributed by atoms with Crippen molar-refractivity contribution in [3.8, 4) is 5.75 Å². The van der Waals surface area contributed by atoms with E-state index in [-0.39, 0.29) is 22.8 Å². The van der Waals surface area contributed by atoms with Gasteiger partial charge in [0, 0.05) is 21.8 Å². The minimum atomic E-state index is -0.466. The van der Waals surface area contributed by atoms with Crippen molar-refractivity contribution in [2.24, 2.45) is 0 Å². The second kappa shape index (κ2) is 14.7. The van der Waals surface area contributed by atoms with Crippen molar-refractivity contribution in [1.82, 2.24) is 5.32 Å². The quantitative estimate of drug-likeness (QED) is 0.132. The number of methoxy groups -OCH3 is 1. The number of anilines is 2. The first-order chi connectivity index (χ1) is 20.3.